The molecule has 0 radical (unpaired) electrons. The van der Waals surface area contributed by atoms with Crippen LogP contribution in [0.5, 0.6) is 0 Å². The first-order chi connectivity index (χ1) is 7.27. The van der Waals surface area contributed by atoms with Gasteiger partial charge < -0.3 is 10.1 Å². The van der Waals surface area contributed by atoms with E-state index < -0.39 is 0 Å². The smallest absolute Gasteiger partial charge is 0.0949 e. The number of hydrogen-bond donors (Lipinski definition) is 1. The lowest BCUT2D eigenvalue weighted by Crippen LogP contribution is -2.23. The van der Waals surface area contributed by atoms with Crippen LogP contribution in [-0.4, -0.2) is 19.7 Å². The molecule has 3 heteroatoms. The fourth-order valence-corrected chi connectivity index (χ4v) is 1.66. The van der Waals surface area contributed by atoms with Crippen molar-refractivity contribution in [3.05, 3.63) is 34.9 Å². The zero-order valence-electron chi connectivity index (χ0n) is 9.29. The van der Waals surface area contributed by atoms with Crippen molar-refractivity contribution in [3.63, 3.8) is 0 Å². The monoisotopic (exact) mass is 227 g/mol. The molecule has 0 saturated carbocycles. The summed E-state index contributed by atoms with van der Waals surface area (Å²) < 4.78 is 5.66. The lowest BCUT2D eigenvalue weighted by molar-refractivity contribution is 0.0627. The summed E-state index contributed by atoms with van der Waals surface area (Å²) in [4.78, 5) is 0. The van der Waals surface area contributed by atoms with Crippen molar-refractivity contribution >= 4 is 11.6 Å². The summed E-state index contributed by atoms with van der Waals surface area (Å²) >= 11 is 5.95. The van der Waals surface area contributed by atoms with Gasteiger partial charge in [-0.05, 0) is 31.2 Å². The van der Waals surface area contributed by atoms with Gasteiger partial charge in [-0.1, -0.05) is 30.7 Å². The minimum atomic E-state index is 0.0913. The average molecular weight is 228 g/mol. The van der Waals surface area contributed by atoms with Crippen molar-refractivity contribution in [2.45, 2.75) is 20.0 Å². The molecule has 0 heterocycles. The predicted molar refractivity (Wildman–Crippen MR) is 64.4 cm³/mol. The van der Waals surface area contributed by atoms with Crippen molar-refractivity contribution in [2.24, 2.45) is 0 Å². The number of rotatable bonds is 6. The second-order valence-electron chi connectivity index (χ2n) is 3.31. The highest BCUT2D eigenvalue weighted by Gasteiger charge is 2.10. The molecule has 84 valence electrons. The Labute approximate surface area is 96.6 Å². The third kappa shape index (κ3) is 4.20. The van der Waals surface area contributed by atoms with Crippen LogP contribution in [0.2, 0.25) is 5.02 Å². The molecule has 0 spiro atoms. The largest absolute Gasteiger partial charge is 0.372 e. The maximum absolute atomic E-state index is 5.95. The van der Waals surface area contributed by atoms with E-state index >= 15 is 0 Å². The van der Waals surface area contributed by atoms with Gasteiger partial charge in [0.05, 0.1) is 6.10 Å². The molecule has 0 aliphatic carbocycles. The van der Waals surface area contributed by atoms with Gasteiger partial charge in [0.25, 0.3) is 0 Å². The molecule has 1 atom stereocenters. The Hall–Kier alpha value is -0.570. The lowest BCUT2D eigenvalue weighted by Gasteiger charge is -2.17. The molecule has 0 bridgehead atoms. The molecule has 0 aromatic heterocycles. The highest BCUT2D eigenvalue weighted by Crippen LogP contribution is 2.20. The van der Waals surface area contributed by atoms with Crippen LogP contribution in [-0.2, 0) is 4.74 Å². The fraction of sp³-hybridized carbons (Fsp3) is 0.500. The number of likely N-dealkylation sites (N-methyl/N-ethyl adjacent to an activating group) is 1. The van der Waals surface area contributed by atoms with E-state index in [2.05, 4.69) is 12.2 Å². The molecule has 1 unspecified atom stereocenters. The molecular formula is C12H18ClNO. The van der Waals surface area contributed by atoms with Crippen molar-refractivity contribution in [3.8, 4) is 0 Å². The first kappa shape index (κ1) is 12.5. The van der Waals surface area contributed by atoms with E-state index in [9.17, 15) is 0 Å². The van der Waals surface area contributed by atoms with Crippen molar-refractivity contribution < 1.29 is 4.74 Å². The normalized spacial score (nSPS) is 12.7. The predicted octanol–water partition coefficient (Wildman–Crippen LogP) is 3.03. The standard InChI is InChI=1S/C12H18ClNO/c1-3-14-9-12(15-4-2)10-6-5-7-11(13)8-10/h5-8,12,14H,3-4,9H2,1-2H3. The Morgan fingerprint density at radius 2 is 2.20 bits per heavy atom. The molecule has 0 fully saturated rings. The summed E-state index contributed by atoms with van der Waals surface area (Å²) in [7, 11) is 0. The van der Waals surface area contributed by atoms with Crippen LogP contribution in [0, 0.1) is 0 Å². The van der Waals surface area contributed by atoms with Crippen LogP contribution >= 0.6 is 11.6 Å². The van der Waals surface area contributed by atoms with Gasteiger partial charge in [0, 0.05) is 18.2 Å². The highest BCUT2D eigenvalue weighted by molar-refractivity contribution is 6.30. The van der Waals surface area contributed by atoms with E-state index in [1.165, 1.54) is 0 Å². The van der Waals surface area contributed by atoms with E-state index in [1.54, 1.807) is 0 Å². The SMILES string of the molecule is CCNCC(OCC)c1cccc(Cl)c1. The fourth-order valence-electron chi connectivity index (χ4n) is 1.46. The van der Waals surface area contributed by atoms with E-state index in [0.29, 0.717) is 6.61 Å². The van der Waals surface area contributed by atoms with Crippen molar-refractivity contribution in [2.75, 3.05) is 19.7 Å². The molecule has 0 saturated heterocycles. The quantitative estimate of drug-likeness (QED) is 0.807. The second kappa shape index (κ2) is 6.83. The topological polar surface area (TPSA) is 21.3 Å². The van der Waals surface area contributed by atoms with Gasteiger partial charge in [-0.2, -0.15) is 0 Å². The maximum Gasteiger partial charge on any atom is 0.0949 e. The number of ether oxygens (including phenoxy) is 1. The Morgan fingerprint density at radius 1 is 1.40 bits per heavy atom. The third-order valence-corrected chi connectivity index (χ3v) is 2.40. The Bertz CT molecular complexity index is 291. The van der Waals surface area contributed by atoms with Crippen LogP contribution in [0.3, 0.4) is 0 Å². The Morgan fingerprint density at radius 3 is 2.80 bits per heavy atom. The summed E-state index contributed by atoms with van der Waals surface area (Å²) in [5, 5.41) is 4.04. The molecular weight excluding hydrogens is 210 g/mol. The van der Waals surface area contributed by atoms with Gasteiger partial charge in [-0.25, -0.2) is 0 Å². The van der Waals surface area contributed by atoms with Gasteiger partial charge in [-0.15, -0.1) is 0 Å². The molecule has 0 amide bonds. The molecule has 1 N–H and O–H groups in total. The van der Waals surface area contributed by atoms with Crippen LogP contribution in [0.15, 0.2) is 24.3 Å². The van der Waals surface area contributed by atoms with Gasteiger partial charge in [0.2, 0.25) is 0 Å². The number of hydrogen-bond acceptors (Lipinski definition) is 2. The summed E-state index contributed by atoms with van der Waals surface area (Å²) in [5.74, 6) is 0. The molecule has 15 heavy (non-hydrogen) atoms. The van der Waals surface area contributed by atoms with Crippen LogP contribution < -0.4 is 5.32 Å². The van der Waals surface area contributed by atoms with E-state index in [0.717, 1.165) is 23.7 Å². The molecule has 1 aromatic rings. The maximum atomic E-state index is 5.95. The second-order valence-corrected chi connectivity index (χ2v) is 3.74. The Kier molecular flexibility index (Phi) is 5.69. The molecule has 1 rings (SSSR count). The summed E-state index contributed by atoms with van der Waals surface area (Å²) in [6.07, 6.45) is 0.0913. The summed E-state index contributed by atoms with van der Waals surface area (Å²) in [6.45, 7) is 6.57. The minimum absolute atomic E-state index is 0.0913. The number of halogens is 1. The first-order valence-electron chi connectivity index (χ1n) is 5.35. The van der Waals surface area contributed by atoms with Crippen LogP contribution in [0.4, 0.5) is 0 Å². The van der Waals surface area contributed by atoms with Gasteiger partial charge in [0.1, 0.15) is 0 Å². The van der Waals surface area contributed by atoms with E-state index in [1.807, 2.05) is 31.2 Å². The molecule has 1 aromatic carbocycles. The zero-order chi connectivity index (χ0) is 11.1. The van der Waals surface area contributed by atoms with E-state index in [-0.39, 0.29) is 6.10 Å². The van der Waals surface area contributed by atoms with Crippen LogP contribution in [0.25, 0.3) is 0 Å². The molecule has 2 nitrogen and oxygen atoms in total. The summed E-state index contributed by atoms with van der Waals surface area (Å²) in [6, 6.07) is 7.83. The minimum Gasteiger partial charge on any atom is -0.372 e. The van der Waals surface area contributed by atoms with Crippen LogP contribution in [0.1, 0.15) is 25.5 Å². The zero-order valence-corrected chi connectivity index (χ0v) is 10.1. The van der Waals surface area contributed by atoms with Crippen molar-refractivity contribution in [1.82, 2.24) is 5.32 Å². The molecule has 0 aliphatic rings. The Balaban J connectivity index is 2.69. The van der Waals surface area contributed by atoms with E-state index in [4.69, 9.17) is 16.3 Å². The van der Waals surface area contributed by atoms with Gasteiger partial charge in [-0.3, -0.25) is 0 Å². The number of nitrogens with one attached hydrogen (secondary N) is 1. The van der Waals surface area contributed by atoms with Gasteiger partial charge in [0.15, 0.2) is 0 Å². The lowest BCUT2D eigenvalue weighted by atomic mass is 10.1. The number of benzene rings is 1. The molecule has 0 aliphatic heterocycles. The average Bonchev–Trinajstić information content (AvgIpc) is 2.24. The first-order valence-corrected chi connectivity index (χ1v) is 5.73. The third-order valence-electron chi connectivity index (χ3n) is 2.17. The highest BCUT2D eigenvalue weighted by atomic mass is 35.5. The van der Waals surface area contributed by atoms with Crippen molar-refractivity contribution in [1.29, 1.82) is 0 Å². The summed E-state index contributed by atoms with van der Waals surface area (Å²) in [5.41, 5.74) is 1.13. The van der Waals surface area contributed by atoms with Gasteiger partial charge >= 0.3 is 0 Å².